The summed E-state index contributed by atoms with van der Waals surface area (Å²) in [6.45, 7) is 3.83. The summed E-state index contributed by atoms with van der Waals surface area (Å²) in [4.78, 5) is 36.6. The molecule has 0 bridgehead atoms. The lowest BCUT2D eigenvalue weighted by atomic mass is 10.1. The second-order valence-electron chi connectivity index (χ2n) is 7.60. The Balaban J connectivity index is 0.00000385. The van der Waals surface area contributed by atoms with Gasteiger partial charge in [0.25, 0.3) is 5.91 Å². The van der Waals surface area contributed by atoms with Gasteiger partial charge in [-0.25, -0.2) is 9.59 Å². The van der Waals surface area contributed by atoms with E-state index >= 15 is 0 Å². The van der Waals surface area contributed by atoms with Crippen LogP contribution in [0.5, 0.6) is 11.5 Å². The van der Waals surface area contributed by atoms with Crippen LogP contribution in [0.4, 0.5) is 0 Å². The highest BCUT2D eigenvalue weighted by atomic mass is 35.5. The minimum atomic E-state index is -0.656. The van der Waals surface area contributed by atoms with Gasteiger partial charge in [0.15, 0.2) is 17.5 Å². The Hall–Kier alpha value is -3.68. The summed E-state index contributed by atoms with van der Waals surface area (Å²) < 4.78 is 11.1. The van der Waals surface area contributed by atoms with Crippen LogP contribution in [0, 0.1) is 13.8 Å². The van der Waals surface area contributed by atoms with E-state index in [1.807, 2.05) is 13.8 Å². The number of hydrogen-bond acceptors (Lipinski definition) is 5. The van der Waals surface area contributed by atoms with Crippen molar-refractivity contribution in [2.45, 2.75) is 26.3 Å². The molecule has 0 aliphatic carbocycles. The first kappa shape index (κ1) is 25.6. The van der Waals surface area contributed by atoms with Gasteiger partial charge in [-0.1, -0.05) is 41.5 Å². The van der Waals surface area contributed by atoms with Gasteiger partial charge < -0.3 is 33.3 Å². The predicted octanol–water partition coefficient (Wildman–Crippen LogP) is -0.616. The molecule has 0 aliphatic rings. The third-order valence-corrected chi connectivity index (χ3v) is 4.87. The molecular formula is C25H25ClN2O5. The van der Waals surface area contributed by atoms with Crippen molar-refractivity contribution < 1.29 is 42.0 Å². The minimum absolute atomic E-state index is 0. The third kappa shape index (κ3) is 6.90. The number of quaternary nitrogens is 1. The normalized spacial score (nSPS) is 11.1. The van der Waals surface area contributed by atoms with E-state index in [2.05, 4.69) is 5.73 Å². The van der Waals surface area contributed by atoms with Gasteiger partial charge in [0.2, 0.25) is 0 Å². The number of benzene rings is 3. The van der Waals surface area contributed by atoms with Gasteiger partial charge in [-0.15, -0.1) is 0 Å². The van der Waals surface area contributed by atoms with Gasteiger partial charge in [0, 0.05) is 6.42 Å². The Labute approximate surface area is 198 Å². The Bertz CT molecular complexity index is 1140. The molecule has 1 atom stereocenters. The molecule has 1 amide bonds. The molecule has 0 fully saturated rings. The van der Waals surface area contributed by atoms with Crippen LogP contribution in [0.1, 0.15) is 37.4 Å². The molecule has 0 saturated heterocycles. The van der Waals surface area contributed by atoms with Gasteiger partial charge in [0.1, 0.15) is 0 Å². The Morgan fingerprint density at radius 3 is 1.70 bits per heavy atom. The van der Waals surface area contributed by atoms with Gasteiger partial charge in [-0.2, -0.15) is 0 Å². The topological polar surface area (TPSA) is 123 Å². The highest BCUT2D eigenvalue weighted by Crippen LogP contribution is 2.30. The van der Waals surface area contributed by atoms with Crippen molar-refractivity contribution >= 4 is 17.8 Å². The van der Waals surface area contributed by atoms with Crippen LogP contribution >= 0.6 is 0 Å². The lowest BCUT2D eigenvalue weighted by molar-refractivity contribution is -0.402. The molecule has 7 nitrogen and oxygen atoms in total. The Kier molecular flexibility index (Phi) is 8.73. The monoisotopic (exact) mass is 468 g/mol. The number of hydrogen-bond donors (Lipinski definition) is 2. The molecule has 3 rings (SSSR count). The van der Waals surface area contributed by atoms with Crippen LogP contribution in [0.15, 0.2) is 66.7 Å². The average Bonchev–Trinajstić information content (AvgIpc) is 2.76. The molecule has 172 valence electrons. The van der Waals surface area contributed by atoms with Crippen LogP contribution in [0.25, 0.3) is 0 Å². The zero-order valence-corrected chi connectivity index (χ0v) is 19.1. The van der Waals surface area contributed by atoms with Crippen LogP contribution in [-0.4, -0.2) is 23.9 Å². The number of ether oxygens (including phenoxy) is 2. The van der Waals surface area contributed by atoms with Gasteiger partial charge in [0.05, 0.1) is 11.1 Å². The second kappa shape index (κ2) is 11.3. The Morgan fingerprint density at radius 1 is 0.788 bits per heavy atom. The summed E-state index contributed by atoms with van der Waals surface area (Å²) in [5.74, 6) is -1.59. The predicted molar refractivity (Wildman–Crippen MR) is 118 cm³/mol. The molecule has 0 unspecified atom stereocenters. The molecule has 33 heavy (non-hydrogen) atoms. The average molecular weight is 469 g/mol. The fourth-order valence-corrected chi connectivity index (χ4v) is 2.93. The summed E-state index contributed by atoms with van der Waals surface area (Å²) >= 11 is 0. The van der Waals surface area contributed by atoms with Crippen molar-refractivity contribution in [1.82, 2.24) is 0 Å². The molecule has 3 aromatic carbocycles. The number of esters is 2. The lowest BCUT2D eigenvalue weighted by Crippen LogP contribution is -3.00. The molecule has 5 N–H and O–H groups in total. The number of carbonyl (C=O) groups excluding carboxylic acids is 3. The van der Waals surface area contributed by atoms with E-state index in [0.29, 0.717) is 16.7 Å². The molecule has 0 aliphatic heterocycles. The zero-order valence-electron chi connectivity index (χ0n) is 18.3. The number of aryl methyl sites for hydroxylation is 2. The first-order chi connectivity index (χ1) is 15.2. The SMILES string of the molecule is Cc1ccc(C(=O)Oc2ccc(C[C@H]([NH3+])C(N)=O)cc2OC(=O)c2ccc(C)cc2)cc1.[Cl-]. The van der Waals surface area contributed by atoms with E-state index in [4.69, 9.17) is 15.2 Å². The summed E-state index contributed by atoms with van der Waals surface area (Å²) in [5, 5.41) is 0. The van der Waals surface area contributed by atoms with Gasteiger partial charge in [-0.05, 0) is 55.8 Å². The first-order valence-electron chi connectivity index (χ1n) is 10.1. The van der Waals surface area contributed by atoms with Crippen LogP contribution < -0.4 is 33.3 Å². The third-order valence-electron chi connectivity index (χ3n) is 4.87. The molecule has 0 saturated carbocycles. The maximum atomic E-state index is 12.7. The number of nitrogens with two attached hydrogens (primary N) is 1. The molecule has 8 heteroatoms. The molecular weight excluding hydrogens is 444 g/mol. The van der Waals surface area contributed by atoms with E-state index in [-0.39, 0.29) is 30.3 Å². The smallest absolute Gasteiger partial charge is 0.343 e. The standard InChI is InChI=1S/C25H24N2O5.ClH/c1-15-3-8-18(9-4-15)24(29)31-21-12-7-17(13-20(26)23(27)28)14-22(21)32-25(30)19-10-5-16(2)6-11-19;/h3-12,14,20H,13,26H2,1-2H3,(H2,27,28);1H/t20-;/m0./s1. The van der Waals surface area contributed by atoms with Crippen molar-refractivity contribution in [3.8, 4) is 11.5 Å². The van der Waals surface area contributed by atoms with Crippen molar-refractivity contribution in [3.05, 3.63) is 94.5 Å². The first-order valence-corrected chi connectivity index (χ1v) is 10.1. The number of halogens is 1. The largest absolute Gasteiger partial charge is 1.00 e. The maximum absolute atomic E-state index is 12.7. The van der Waals surface area contributed by atoms with Crippen LogP contribution in [-0.2, 0) is 11.2 Å². The highest BCUT2D eigenvalue weighted by molar-refractivity contribution is 5.93. The van der Waals surface area contributed by atoms with Crippen molar-refractivity contribution in [2.75, 3.05) is 0 Å². The van der Waals surface area contributed by atoms with Crippen molar-refractivity contribution in [1.29, 1.82) is 0 Å². The Morgan fingerprint density at radius 2 is 1.24 bits per heavy atom. The summed E-state index contributed by atoms with van der Waals surface area (Å²) in [6.07, 6.45) is 0.247. The van der Waals surface area contributed by atoms with Gasteiger partial charge in [-0.3, -0.25) is 4.79 Å². The van der Waals surface area contributed by atoms with Crippen LogP contribution in [0.3, 0.4) is 0 Å². The second-order valence-corrected chi connectivity index (χ2v) is 7.60. The highest BCUT2D eigenvalue weighted by Gasteiger charge is 2.20. The molecule has 0 radical (unpaired) electrons. The minimum Gasteiger partial charge on any atom is -1.00 e. The van der Waals surface area contributed by atoms with E-state index in [0.717, 1.165) is 11.1 Å². The lowest BCUT2D eigenvalue weighted by Gasteiger charge is -2.13. The molecule has 0 spiro atoms. The number of rotatable bonds is 7. The van der Waals surface area contributed by atoms with E-state index in [1.54, 1.807) is 60.7 Å². The van der Waals surface area contributed by atoms with Crippen LogP contribution in [0.2, 0.25) is 0 Å². The maximum Gasteiger partial charge on any atom is 0.343 e. The summed E-state index contributed by atoms with van der Waals surface area (Å²) in [6, 6.07) is 17.9. The van der Waals surface area contributed by atoms with E-state index < -0.39 is 23.9 Å². The number of amides is 1. The number of carbonyl (C=O) groups is 3. The fourth-order valence-electron chi connectivity index (χ4n) is 2.93. The summed E-state index contributed by atoms with van der Waals surface area (Å²) in [5.41, 5.74) is 12.4. The summed E-state index contributed by atoms with van der Waals surface area (Å²) in [7, 11) is 0. The fraction of sp³-hybridized carbons (Fsp3) is 0.160. The zero-order chi connectivity index (χ0) is 23.3. The molecule has 0 aromatic heterocycles. The molecule has 0 heterocycles. The number of primary amides is 1. The van der Waals surface area contributed by atoms with Crippen molar-refractivity contribution in [2.24, 2.45) is 5.73 Å². The van der Waals surface area contributed by atoms with E-state index in [1.165, 1.54) is 6.07 Å². The van der Waals surface area contributed by atoms with Crippen molar-refractivity contribution in [3.63, 3.8) is 0 Å². The van der Waals surface area contributed by atoms with Gasteiger partial charge >= 0.3 is 11.9 Å². The van der Waals surface area contributed by atoms with E-state index in [9.17, 15) is 14.4 Å². The molecule has 3 aromatic rings. The quantitative estimate of drug-likeness (QED) is 0.353.